The highest BCUT2D eigenvalue weighted by Crippen LogP contribution is 2.04. The van der Waals surface area contributed by atoms with Crippen molar-refractivity contribution in [3.05, 3.63) is 12.2 Å². The van der Waals surface area contributed by atoms with E-state index in [4.69, 9.17) is 4.55 Å². The fourth-order valence-electron chi connectivity index (χ4n) is 0.661. The molecule has 1 atom stereocenters. The van der Waals surface area contributed by atoms with E-state index >= 15 is 0 Å². The normalized spacial score (nSPS) is 15.9. The molecule has 0 radical (unpaired) electrons. The standard InChI is InChI=1S/C6H12O3S/c1-3-5-6(4-2)10(7,8)9/h3,5-6H,4H2,1-2H3,(H,7,8,9). The number of rotatable bonds is 3. The lowest BCUT2D eigenvalue weighted by Crippen LogP contribution is -2.16. The maximum absolute atomic E-state index is 10.5. The zero-order chi connectivity index (χ0) is 8.20. The number of hydrogen-bond donors (Lipinski definition) is 1. The molecule has 0 heterocycles. The van der Waals surface area contributed by atoms with Crippen LogP contribution in [0.5, 0.6) is 0 Å². The average molecular weight is 164 g/mol. The van der Waals surface area contributed by atoms with Gasteiger partial charge in [0.05, 0.1) is 0 Å². The minimum Gasteiger partial charge on any atom is -0.285 e. The van der Waals surface area contributed by atoms with Crippen molar-refractivity contribution in [1.29, 1.82) is 0 Å². The summed E-state index contributed by atoms with van der Waals surface area (Å²) in [4.78, 5) is 0. The first-order chi connectivity index (χ1) is 4.52. The molecule has 0 rings (SSSR count). The van der Waals surface area contributed by atoms with Crippen molar-refractivity contribution in [2.75, 3.05) is 0 Å². The zero-order valence-corrected chi connectivity index (χ0v) is 6.93. The molecule has 4 heteroatoms. The molecule has 0 aromatic rings. The lowest BCUT2D eigenvalue weighted by molar-refractivity contribution is 0.473. The Balaban J connectivity index is 4.38. The van der Waals surface area contributed by atoms with Crippen molar-refractivity contribution in [2.24, 2.45) is 0 Å². The molecule has 0 aromatic carbocycles. The van der Waals surface area contributed by atoms with Gasteiger partial charge in [-0.2, -0.15) is 8.42 Å². The molecule has 0 aromatic heterocycles. The second kappa shape index (κ2) is 3.73. The van der Waals surface area contributed by atoms with Gasteiger partial charge in [-0.15, -0.1) is 0 Å². The van der Waals surface area contributed by atoms with Crippen molar-refractivity contribution in [3.63, 3.8) is 0 Å². The van der Waals surface area contributed by atoms with Crippen LogP contribution < -0.4 is 0 Å². The molecule has 0 bridgehead atoms. The van der Waals surface area contributed by atoms with E-state index in [1.54, 1.807) is 19.9 Å². The van der Waals surface area contributed by atoms with Crippen LogP contribution in [0.1, 0.15) is 20.3 Å². The quantitative estimate of drug-likeness (QED) is 0.504. The van der Waals surface area contributed by atoms with E-state index < -0.39 is 15.4 Å². The van der Waals surface area contributed by atoms with Gasteiger partial charge in [-0.05, 0) is 13.3 Å². The highest BCUT2D eigenvalue weighted by atomic mass is 32.2. The third-order valence-corrected chi connectivity index (χ3v) is 2.45. The first-order valence-corrected chi connectivity index (χ1v) is 4.61. The summed E-state index contributed by atoms with van der Waals surface area (Å²) >= 11 is 0. The molecule has 10 heavy (non-hydrogen) atoms. The summed E-state index contributed by atoms with van der Waals surface area (Å²) in [5.41, 5.74) is 0. The summed E-state index contributed by atoms with van der Waals surface area (Å²) in [7, 11) is -3.86. The first kappa shape index (κ1) is 9.65. The Morgan fingerprint density at radius 3 is 2.20 bits per heavy atom. The van der Waals surface area contributed by atoms with Crippen LogP contribution in [0.4, 0.5) is 0 Å². The van der Waals surface area contributed by atoms with Crippen LogP contribution in [0.25, 0.3) is 0 Å². The Morgan fingerprint density at radius 2 is 2.10 bits per heavy atom. The second-order valence-electron chi connectivity index (χ2n) is 1.99. The number of allylic oxidation sites excluding steroid dienone is 1. The van der Waals surface area contributed by atoms with Crippen LogP contribution in [-0.2, 0) is 10.1 Å². The van der Waals surface area contributed by atoms with Crippen molar-refractivity contribution in [1.82, 2.24) is 0 Å². The van der Waals surface area contributed by atoms with Crippen molar-refractivity contribution in [3.8, 4) is 0 Å². The lowest BCUT2D eigenvalue weighted by Gasteiger charge is -2.03. The fourth-order valence-corrected chi connectivity index (χ4v) is 1.44. The average Bonchev–Trinajstić information content (AvgIpc) is 1.80. The van der Waals surface area contributed by atoms with Gasteiger partial charge in [0.15, 0.2) is 0 Å². The molecular weight excluding hydrogens is 152 g/mol. The van der Waals surface area contributed by atoms with Crippen molar-refractivity contribution < 1.29 is 13.0 Å². The Kier molecular flexibility index (Phi) is 3.60. The molecule has 0 amide bonds. The van der Waals surface area contributed by atoms with Gasteiger partial charge in [0.1, 0.15) is 5.25 Å². The monoisotopic (exact) mass is 164 g/mol. The molecule has 0 aliphatic heterocycles. The van der Waals surface area contributed by atoms with Crippen LogP contribution in [0.15, 0.2) is 12.2 Å². The molecule has 3 nitrogen and oxygen atoms in total. The van der Waals surface area contributed by atoms with Crippen LogP contribution in [-0.4, -0.2) is 18.2 Å². The number of hydrogen-bond acceptors (Lipinski definition) is 2. The molecule has 0 aliphatic carbocycles. The maximum atomic E-state index is 10.5. The predicted octanol–water partition coefficient (Wildman–Crippen LogP) is 1.23. The van der Waals surface area contributed by atoms with Crippen LogP contribution in [0.3, 0.4) is 0 Å². The largest absolute Gasteiger partial charge is 0.285 e. The summed E-state index contributed by atoms with van der Waals surface area (Å²) in [6.45, 7) is 3.42. The molecule has 0 spiro atoms. The maximum Gasteiger partial charge on any atom is 0.271 e. The predicted molar refractivity (Wildman–Crippen MR) is 40.4 cm³/mol. The molecule has 0 saturated carbocycles. The Morgan fingerprint density at radius 1 is 1.60 bits per heavy atom. The van der Waals surface area contributed by atoms with Gasteiger partial charge >= 0.3 is 0 Å². The summed E-state index contributed by atoms with van der Waals surface area (Å²) in [6, 6.07) is 0. The van der Waals surface area contributed by atoms with Gasteiger partial charge in [0, 0.05) is 0 Å². The lowest BCUT2D eigenvalue weighted by atomic mass is 10.3. The molecule has 0 saturated heterocycles. The van der Waals surface area contributed by atoms with Gasteiger partial charge in [-0.25, -0.2) is 0 Å². The molecule has 0 fully saturated rings. The van der Waals surface area contributed by atoms with Crippen LogP contribution >= 0.6 is 0 Å². The summed E-state index contributed by atoms with van der Waals surface area (Å²) in [5.74, 6) is 0. The van der Waals surface area contributed by atoms with Crippen molar-refractivity contribution >= 4 is 10.1 Å². The van der Waals surface area contributed by atoms with Gasteiger partial charge in [-0.1, -0.05) is 19.1 Å². The Hall–Kier alpha value is -0.350. The molecule has 1 N–H and O–H groups in total. The SMILES string of the molecule is CC=CC(CC)S(=O)(=O)O. The summed E-state index contributed by atoms with van der Waals surface area (Å²) in [5, 5.41) is -0.738. The highest BCUT2D eigenvalue weighted by Gasteiger charge is 2.16. The minimum absolute atomic E-state index is 0.406. The molecule has 60 valence electrons. The van der Waals surface area contributed by atoms with Crippen LogP contribution in [0.2, 0.25) is 0 Å². The third kappa shape index (κ3) is 2.98. The third-order valence-electron chi connectivity index (χ3n) is 1.19. The zero-order valence-electron chi connectivity index (χ0n) is 6.11. The van der Waals surface area contributed by atoms with E-state index in [1.807, 2.05) is 0 Å². The van der Waals surface area contributed by atoms with E-state index in [0.29, 0.717) is 6.42 Å². The van der Waals surface area contributed by atoms with Crippen LogP contribution in [0, 0.1) is 0 Å². The van der Waals surface area contributed by atoms with E-state index in [9.17, 15) is 8.42 Å². The highest BCUT2D eigenvalue weighted by molar-refractivity contribution is 7.86. The first-order valence-electron chi connectivity index (χ1n) is 3.11. The smallest absolute Gasteiger partial charge is 0.271 e. The minimum atomic E-state index is -3.86. The molecule has 1 unspecified atom stereocenters. The van der Waals surface area contributed by atoms with E-state index in [2.05, 4.69) is 0 Å². The van der Waals surface area contributed by atoms with E-state index in [1.165, 1.54) is 6.08 Å². The van der Waals surface area contributed by atoms with Gasteiger partial charge in [-0.3, -0.25) is 4.55 Å². The van der Waals surface area contributed by atoms with E-state index in [-0.39, 0.29) is 0 Å². The van der Waals surface area contributed by atoms with Crippen molar-refractivity contribution in [2.45, 2.75) is 25.5 Å². The second-order valence-corrected chi connectivity index (χ2v) is 3.62. The Labute approximate surface area is 61.5 Å². The fraction of sp³-hybridized carbons (Fsp3) is 0.667. The molecule has 0 aliphatic rings. The van der Waals surface area contributed by atoms with Gasteiger partial charge < -0.3 is 0 Å². The molecular formula is C6H12O3S. The summed E-state index contributed by atoms with van der Waals surface area (Å²) in [6.07, 6.45) is 3.49. The van der Waals surface area contributed by atoms with E-state index in [0.717, 1.165) is 0 Å². The summed E-state index contributed by atoms with van der Waals surface area (Å²) < 4.78 is 29.4. The topological polar surface area (TPSA) is 54.4 Å². The van der Waals surface area contributed by atoms with Gasteiger partial charge in [0.2, 0.25) is 0 Å². The van der Waals surface area contributed by atoms with Gasteiger partial charge in [0.25, 0.3) is 10.1 Å². The Bertz CT molecular complexity index is 203.